The lowest BCUT2D eigenvalue weighted by Gasteiger charge is -2.15. The van der Waals surface area contributed by atoms with E-state index in [1.54, 1.807) is 23.9 Å². The van der Waals surface area contributed by atoms with E-state index in [4.69, 9.17) is 5.84 Å². The van der Waals surface area contributed by atoms with Crippen molar-refractivity contribution in [3.05, 3.63) is 29.8 Å². The fraction of sp³-hybridized carbons (Fsp3) is 0.500. The second-order valence-electron chi connectivity index (χ2n) is 3.92. The molecule has 0 aliphatic heterocycles. The van der Waals surface area contributed by atoms with Crippen molar-refractivity contribution >= 4 is 11.8 Å². The van der Waals surface area contributed by atoms with E-state index in [2.05, 4.69) is 17.1 Å². The maximum atomic E-state index is 12.0. The summed E-state index contributed by atoms with van der Waals surface area (Å²) in [5.74, 6) is 7.08. The Bertz CT molecular complexity index is 370. The molecular weight excluding hydrogens is 277 g/mol. The van der Waals surface area contributed by atoms with Gasteiger partial charge < -0.3 is 4.74 Å². The third kappa shape index (κ3) is 6.70. The van der Waals surface area contributed by atoms with E-state index in [1.807, 2.05) is 0 Å². The van der Waals surface area contributed by atoms with Gasteiger partial charge in [-0.1, -0.05) is 19.1 Å². The SMILES string of the molecule is CCSCC(Cc1ccc(OC(F)(F)F)cc1)NN. The van der Waals surface area contributed by atoms with Crippen LogP contribution >= 0.6 is 11.8 Å². The van der Waals surface area contributed by atoms with Crippen LogP contribution in [0.5, 0.6) is 5.75 Å². The summed E-state index contributed by atoms with van der Waals surface area (Å²) in [6, 6.07) is 5.94. The van der Waals surface area contributed by atoms with E-state index < -0.39 is 6.36 Å². The summed E-state index contributed by atoms with van der Waals surface area (Å²) in [6.07, 6.45) is -3.99. The summed E-state index contributed by atoms with van der Waals surface area (Å²) < 4.78 is 39.8. The van der Waals surface area contributed by atoms with E-state index >= 15 is 0 Å². The van der Waals surface area contributed by atoms with Crippen LogP contribution in [0.25, 0.3) is 0 Å². The Balaban J connectivity index is 2.55. The van der Waals surface area contributed by atoms with Gasteiger partial charge in [-0.25, -0.2) is 0 Å². The van der Waals surface area contributed by atoms with E-state index in [-0.39, 0.29) is 11.8 Å². The van der Waals surface area contributed by atoms with Crippen LogP contribution < -0.4 is 16.0 Å². The molecule has 0 spiro atoms. The molecule has 7 heteroatoms. The molecule has 1 unspecified atom stereocenters. The third-order valence-corrected chi connectivity index (χ3v) is 3.44. The molecule has 108 valence electrons. The van der Waals surface area contributed by atoms with Gasteiger partial charge in [-0.2, -0.15) is 11.8 Å². The van der Waals surface area contributed by atoms with Crippen LogP contribution in [0.2, 0.25) is 0 Å². The summed E-state index contributed by atoms with van der Waals surface area (Å²) >= 11 is 1.76. The molecule has 1 aromatic rings. The van der Waals surface area contributed by atoms with Gasteiger partial charge in [-0.3, -0.25) is 11.3 Å². The summed E-state index contributed by atoms with van der Waals surface area (Å²) in [5.41, 5.74) is 3.62. The van der Waals surface area contributed by atoms with Crippen LogP contribution in [-0.2, 0) is 6.42 Å². The minimum absolute atomic E-state index is 0.0966. The van der Waals surface area contributed by atoms with Gasteiger partial charge in [0.1, 0.15) is 5.75 Å². The van der Waals surface area contributed by atoms with Gasteiger partial charge in [0.25, 0.3) is 0 Å². The molecule has 0 saturated heterocycles. The highest BCUT2D eigenvalue weighted by molar-refractivity contribution is 7.99. The average molecular weight is 294 g/mol. The van der Waals surface area contributed by atoms with Crippen molar-refractivity contribution in [3.63, 3.8) is 0 Å². The Labute approximate surface area is 114 Å². The van der Waals surface area contributed by atoms with Crippen molar-refractivity contribution in [2.24, 2.45) is 5.84 Å². The molecule has 0 fully saturated rings. The normalized spacial score (nSPS) is 13.3. The predicted molar refractivity (Wildman–Crippen MR) is 70.9 cm³/mol. The Kier molecular flexibility index (Phi) is 6.47. The molecule has 0 aliphatic rings. The lowest BCUT2D eigenvalue weighted by Crippen LogP contribution is -2.38. The number of ether oxygens (including phenoxy) is 1. The smallest absolute Gasteiger partial charge is 0.406 e. The average Bonchev–Trinajstić information content (AvgIpc) is 2.34. The summed E-state index contributed by atoms with van der Waals surface area (Å²) in [4.78, 5) is 0. The highest BCUT2D eigenvalue weighted by atomic mass is 32.2. The Morgan fingerprint density at radius 2 is 1.95 bits per heavy atom. The lowest BCUT2D eigenvalue weighted by molar-refractivity contribution is -0.274. The summed E-state index contributed by atoms with van der Waals surface area (Å²) in [5, 5.41) is 0. The van der Waals surface area contributed by atoms with Gasteiger partial charge in [-0.15, -0.1) is 13.2 Å². The second-order valence-corrected chi connectivity index (χ2v) is 5.24. The first kappa shape index (κ1) is 16.1. The second kappa shape index (κ2) is 7.62. The highest BCUT2D eigenvalue weighted by Crippen LogP contribution is 2.23. The molecule has 0 saturated carbocycles. The van der Waals surface area contributed by atoms with Gasteiger partial charge in [0.05, 0.1) is 0 Å². The Morgan fingerprint density at radius 3 is 2.42 bits per heavy atom. The molecule has 0 aromatic heterocycles. The number of nitrogens with one attached hydrogen (secondary N) is 1. The van der Waals surface area contributed by atoms with Crippen LogP contribution in [0.4, 0.5) is 13.2 Å². The van der Waals surface area contributed by atoms with Crippen molar-refractivity contribution in [3.8, 4) is 5.75 Å². The topological polar surface area (TPSA) is 47.3 Å². The van der Waals surface area contributed by atoms with Crippen LogP contribution in [0, 0.1) is 0 Å². The molecule has 0 amide bonds. The number of halogens is 3. The quantitative estimate of drug-likeness (QED) is 0.599. The monoisotopic (exact) mass is 294 g/mol. The number of hydrogen-bond acceptors (Lipinski definition) is 4. The number of thioether (sulfide) groups is 1. The van der Waals surface area contributed by atoms with Crippen LogP contribution in [-0.4, -0.2) is 23.9 Å². The zero-order chi connectivity index (χ0) is 14.3. The minimum atomic E-state index is -4.65. The summed E-state index contributed by atoms with van der Waals surface area (Å²) in [7, 11) is 0. The first-order chi connectivity index (χ1) is 8.94. The maximum Gasteiger partial charge on any atom is 0.573 e. The minimum Gasteiger partial charge on any atom is -0.406 e. The predicted octanol–water partition coefficient (Wildman–Crippen LogP) is 2.71. The van der Waals surface area contributed by atoms with E-state index in [0.29, 0.717) is 6.42 Å². The first-order valence-corrected chi connectivity index (χ1v) is 6.98. The van der Waals surface area contributed by atoms with Gasteiger partial charge in [-0.05, 0) is 29.9 Å². The van der Waals surface area contributed by atoms with Gasteiger partial charge in [0, 0.05) is 11.8 Å². The molecule has 19 heavy (non-hydrogen) atoms. The van der Waals surface area contributed by atoms with Gasteiger partial charge in [0.15, 0.2) is 0 Å². The van der Waals surface area contributed by atoms with Crippen molar-refractivity contribution < 1.29 is 17.9 Å². The fourth-order valence-corrected chi connectivity index (χ4v) is 2.27. The number of nitrogens with two attached hydrogens (primary N) is 1. The van der Waals surface area contributed by atoms with Crippen molar-refractivity contribution in [1.82, 2.24) is 5.43 Å². The van der Waals surface area contributed by atoms with Crippen molar-refractivity contribution in [2.75, 3.05) is 11.5 Å². The number of hydrogen-bond donors (Lipinski definition) is 2. The number of alkyl halides is 3. The molecule has 3 nitrogen and oxygen atoms in total. The molecule has 3 N–H and O–H groups in total. The maximum absolute atomic E-state index is 12.0. The highest BCUT2D eigenvalue weighted by Gasteiger charge is 2.30. The molecule has 1 aromatic carbocycles. The van der Waals surface area contributed by atoms with E-state index in [9.17, 15) is 13.2 Å². The number of rotatable bonds is 7. The number of benzene rings is 1. The largest absolute Gasteiger partial charge is 0.573 e. The number of hydrazine groups is 1. The van der Waals surface area contributed by atoms with Gasteiger partial charge in [0.2, 0.25) is 0 Å². The van der Waals surface area contributed by atoms with Crippen molar-refractivity contribution in [2.45, 2.75) is 25.7 Å². The lowest BCUT2D eigenvalue weighted by atomic mass is 10.1. The first-order valence-electron chi connectivity index (χ1n) is 5.83. The standard InChI is InChI=1S/C12H17F3N2OS/c1-2-19-8-10(17-16)7-9-3-5-11(6-4-9)18-12(13,14)15/h3-6,10,17H,2,7-8,16H2,1H3. The third-order valence-electron chi connectivity index (χ3n) is 2.40. The molecule has 1 atom stereocenters. The molecular formula is C12H17F3N2OS. The van der Waals surface area contributed by atoms with Crippen LogP contribution in [0.3, 0.4) is 0 Å². The zero-order valence-electron chi connectivity index (χ0n) is 10.5. The Morgan fingerprint density at radius 1 is 1.32 bits per heavy atom. The van der Waals surface area contributed by atoms with Crippen LogP contribution in [0.1, 0.15) is 12.5 Å². The van der Waals surface area contributed by atoms with E-state index in [1.165, 1.54) is 12.1 Å². The van der Waals surface area contributed by atoms with Crippen LogP contribution in [0.15, 0.2) is 24.3 Å². The van der Waals surface area contributed by atoms with E-state index in [0.717, 1.165) is 17.1 Å². The molecule has 0 radical (unpaired) electrons. The molecule has 0 aliphatic carbocycles. The molecule has 0 heterocycles. The molecule has 1 rings (SSSR count). The zero-order valence-corrected chi connectivity index (χ0v) is 11.4. The summed E-state index contributed by atoms with van der Waals surface area (Å²) in [6.45, 7) is 2.06. The Hall–Kier alpha value is -0.920. The van der Waals surface area contributed by atoms with Crippen molar-refractivity contribution in [1.29, 1.82) is 0 Å². The fourth-order valence-electron chi connectivity index (χ4n) is 1.54. The molecule has 0 bridgehead atoms. The van der Waals surface area contributed by atoms with Gasteiger partial charge >= 0.3 is 6.36 Å².